The predicted octanol–water partition coefficient (Wildman–Crippen LogP) is 2.07. The molecule has 0 N–H and O–H groups in total. The van der Waals surface area contributed by atoms with E-state index in [1.54, 1.807) is 0 Å². The molecule has 80 valence electrons. The molecule has 3 nitrogen and oxygen atoms in total. The van der Waals surface area contributed by atoms with Gasteiger partial charge in [-0.15, -0.1) is 0 Å². The lowest BCUT2D eigenvalue weighted by Crippen LogP contribution is -2.10. The fourth-order valence-corrected chi connectivity index (χ4v) is 1.67. The molecule has 0 unspecified atom stereocenters. The molecule has 1 aliphatic heterocycles. The minimum absolute atomic E-state index is 0.0140. The number of fused-ring (bicyclic) bond motifs is 1. The second kappa shape index (κ2) is 4.34. The highest BCUT2D eigenvalue weighted by atomic mass is 16.6. The fraction of sp³-hybridized carbons (Fsp3) is 0.417. The number of hydrogen-bond acceptors (Lipinski definition) is 3. The second-order valence-corrected chi connectivity index (χ2v) is 3.64. The first-order valence-electron chi connectivity index (χ1n) is 5.20. The van der Waals surface area contributed by atoms with Crippen molar-refractivity contribution >= 4 is 5.97 Å². The number of carbonyl (C=O) groups is 1. The standard InChI is InChI=1S/C12H14O3/c1-2-3-9-4-5-11-10(6-9)7-15-12(13)8-14-11/h4-6H,2-3,7-8H2,1H3. The molecule has 0 spiro atoms. The Balaban J connectivity index is 2.24. The zero-order valence-corrected chi connectivity index (χ0v) is 8.79. The van der Waals surface area contributed by atoms with Crippen molar-refractivity contribution in [2.45, 2.75) is 26.4 Å². The number of hydrogen-bond donors (Lipinski definition) is 0. The van der Waals surface area contributed by atoms with Gasteiger partial charge < -0.3 is 9.47 Å². The van der Waals surface area contributed by atoms with Crippen LogP contribution < -0.4 is 4.74 Å². The Bertz CT molecular complexity index is 371. The Morgan fingerprint density at radius 2 is 2.13 bits per heavy atom. The number of rotatable bonds is 2. The molecule has 1 aromatic carbocycles. The maximum Gasteiger partial charge on any atom is 0.344 e. The Labute approximate surface area is 89.0 Å². The smallest absolute Gasteiger partial charge is 0.344 e. The van der Waals surface area contributed by atoms with Gasteiger partial charge in [0.2, 0.25) is 0 Å². The molecule has 1 heterocycles. The van der Waals surface area contributed by atoms with Crippen molar-refractivity contribution in [1.82, 2.24) is 0 Å². The van der Waals surface area contributed by atoms with Crippen LogP contribution in [-0.2, 0) is 22.6 Å². The summed E-state index contributed by atoms with van der Waals surface area (Å²) in [5.74, 6) is 0.462. The quantitative estimate of drug-likeness (QED) is 0.695. The largest absolute Gasteiger partial charge is 0.481 e. The zero-order valence-electron chi connectivity index (χ0n) is 8.79. The van der Waals surface area contributed by atoms with E-state index in [9.17, 15) is 4.79 Å². The van der Waals surface area contributed by atoms with Crippen LogP contribution in [0.3, 0.4) is 0 Å². The molecule has 0 radical (unpaired) electrons. The minimum atomic E-state index is -0.303. The van der Waals surface area contributed by atoms with Gasteiger partial charge in [0.15, 0.2) is 6.61 Å². The highest BCUT2D eigenvalue weighted by molar-refractivity contribution is 5.71. The highest BCUT2D eigenvalue weighted by Crippen LogP contribution is 2.23. The molecular weight excluding hydrogens is 192 g/mol. The summed E-state index contributed by atoms with van der Waals surface area (Å²) in [5, 5.41) is 0. The van der Waals surface area contributed by atoms with Crippen molar-refractivity contribution in [2.75, 3.05) is 6.61 Å². The summed E-state index contributed by atoms with van der Waals surface area (Å²) in [7, 11) is 0. The minimum Gasteiger partial charge on any atom is -0.481 e. The summed E-state index contributed by atoms with van der Waals surface area (Å²) >= 11 is 0. The topological polar surface area (TPSA) is 35.5 Å². The molecule has 0 aromatic heterocycles. The third-order valence-corrected chi connectivity index (χ3v) is 2.40. The van der Waals surface area contributed by atoms with E-state index in [0.717, 1.165) is 24.2 Å². The average Bonchev–Trinajstić information content (AvgIpc) is 2.42. The number of ether oxygens (including phenoxy) is 2. The number of aryl methyl sites for hydroxylation is 1. The first-order valence-corrected chi connectivity index (χ1v) is 5.20. The molecular formula is C12H14O3. The van der Waals surface area contributed by atoms with Gasteiger partial charge in [0.05, 0.1) is 0 Å². The van der Waals surface area contributed by atoms with Gasteiger partial charge in [-0.05, 0) is 24.1 Å². The van der Waals surface area contributed by atoms with Gasteiger partial charge >= 0.3 is 5.97 Å². The number of benzene rings is 1. The number of cyclic esters (lactones) is 1. The molecule has 0 aliphatic carbocycles. The summed E-state index contributed by atoms with van der Waals surface area (Å²) in [5.41, 5.74) is 2.23. The molecule has 3 heteroatoms. The highest BCUT2D eigenvalue weighted by Gasteiger charge is 2.14. The van der Waals surface area contributed by atoms with Gasteiger partial charge in [-0.25, -0.2) is 4.79 Å². The molecule has 0 saturated heterocycles. The predicted molar refractivity (Wildman–Crippen MR) is 55.7 cm³/mol. The Morgan fingerprint density at radius 3 is 2.93 bits per heavy atom. The number of esters is 1. The van der Waals surface area contributed by atoms with Crippen molar-refractivity contribution in [3.05, 3.63) is 29.3 Å². The van der Waals surface area contributed by atoms with Crippen LogP contribution >= 0.6 is 0 Å². The van der Waals surface area contributed by atoms with Crippen LogP contribution in [0.5, 0.6) is 5.75 Å². The molecule has 0 fully saturated rings. The molecule has 0 saturated carbocycles. The first-order chi connectivity index (χ1) is 7.29. The fourth-order valence-electron chi connectivity index (χ4n) is 1.67. The summed E-state index contributed by atoms with van der Waals surface area (Å²) in [6, 6.07) is 6.01. The van der Waals surface area contributed by atoms with Crippen LogP contribution in [0.1, 0.15) is 24.5 Å². The lowest BCUT2D eigenvalue weighted by molar-refractivity contribution is -0.146. The van der Waals surface area contributed by atoms with Crippen LogP contribution in [0.4, 0.5) is 0 Å². The lowest BCUT2D eigenvalue weighted by Gasteiger charge is -2.06. The third-order valence-electron chi connectivity index (χ3n) is 2.40. The van der Waals surface area contributed by atoms with Crippen molar-refractivity contribution in [1.29, 1.82) is 0 Å². The van der Waals surface area contributed by atoms with Gasteiger partial charge in [0.25, 0.3) is 0 Å². The van der Waals surface area contributed by atoms with E-state index in [2.05, 4.69) is 13.0 Å². The van der Waals surface area contributed by atoms with Gasteiger partial charge in [-0.1, -0.05) is 19.4 Å². The zero-order chi connectivity index (χ0) is 10.7. The molecule has 0 amide bonds. The monoisotopic (exact) mass is 206 g/mol. The van der Waals surface area contributed by atoms with E-state index < -0.39 is 0 Å². The molecule has 1 aromatic rings. The average molecular weight is 206 g/mol. The van der Waals surface area contributed by atoms with Crippen molar-refractivity contribution in [3.63, 3.8) is 0 Å². The first kappa shape index (κ1) is 10.0. The maximum absolute atomic E-state index is 11.0. The summed E-state index contributed by atoms with van der Waals surface area (Å²) < 4.78 is 10.3. The second-order valence-electron chi connectivity index (χ2n) is 3.64. The SMILES string of the molecule is CCCc1ccc2c(c1)COC(=O)CO2. The molecule has 15 heavy (non-hydrogen) atoms. The van der Waals surface area contributed by atoms with Crippen molar-refractivity contribution in [2.24, 2.45) is 0 Å². The van der Waals surface area contributed by atoms with Gasteiger partial charge in [0, 0.05) is 5.56 Å². The van der Waals surface area contributed by atoms with Gasteiger partial charge in [0.1, 0.15) is 12.4 Å². The normalized spacial score (nSPS) is 14.9. The summed E-state index contributed by atoms with van der Waals surface area (Å²) in [6.07, 6.45) is 2.15. The Hall–Kier alpha value is -1.51. The van der Waals surface area contributed by atoms with E-state index in [0.29, 0.717) is 6.61 Å². The van der Waals surface area contributed by atoms with Crippen molar-refractivity contribution in [3.8, 4) is 5.75 Å². The molecule has 0 atom stereocenters. The summed E-state index contributed by atoms with van der Waals surface area (Å²) in [6.45, 7) is 2.48. The van der Waals surface area contributed by atoms with E-state index in [1.165, 1.54) is 5.56 Å². The van der Waals surface area contributed by atoms with E-state index in [1.807, 2.05) is 12.1 Å². The Kier molecular flexibility index (Phi) is 2.90. The summed E-state index contributed by atoms with van der Waals surface area (Å²) in [4.78, 5) is 11.0. The molecule has 2 rings (SSSR count). The maximum atomic E-state index is 11.0. The lowest BCUT2D eigenvalue weighted by atomic mass is 10.1. The van der Waals surface area contributed by atoms with Gasteiger partial charge in [-0.3, -0.25) is 0 Å². The number of carbonyl (C=O) groups excluding carboxylic acids is 1. The molecule has 1 aliphatic rings. The van der Waals surface area contributed by atoms with Gasteiger partial charge in [-0.2, -0.15) is 0 Å². The van der Waals surface area contributed by atoms with Crippen LogP contribution in [-0.4, -0.2) is 12.6 Å². The van der Waals surface area contributed by atoms with Crippen molar-refractivity contribution < 1.29 is 14.3 Å². The van der Waals surface area contributed by atoms with Crippen LogP contribution in [0.25, 0.3) is 0 Å². The van der Waals surface area contributed by atoms with E-state index >= 15 is 0 Å². The van der Waals surface area contributed by atoms with E-state index in [-0.39, 0.29) is 12.6 Å². The molecule has 0 bridgehead atoms. The Morgan fingerprint density at radius 1 is 1.27 bits per heavy atom. The third kappa shape index (κ3) is 2.29. The van der Waals surface area contributed by atoms with Crippen LogP contribution in [0.2, 0.25) is 0 Å². The van der Waals surface area contributed by atoms with E-state index in [4.69, 9.17) is 9.47 Å². The van der Waals surface area contributed by atoms with Crippen LogP contribution in [0, 0.1) is 0 Å². The van der Waals surface area contributed by atoms with Crippen LogP contribution in [0.15, 0.2) is 18.2 Å².